The molecule has 1 N–H and O–H groups in total. The molecule has 0 bridgehead atoms. The molecule has 1 atom stereocenters. The highest BCUT2D eigenvalue weighted by molar-refractivity contribution is 5.77. The number of nitrogens with zero attached hydrogens (tertiary/aromatic N) is 2. The molecule has 23 heavy (non-hydrogen) atoms. The van der Waals surface area contributed by atoms with Gasteiger partial charge in [0.25, 0.3) is 0 Å². The third-order valence-corrected chi connectivity index (χ3v) is 3.77. The number of hydrogen-bond acceptors (Lipinski definition) is 2. The fraction of sp³-hybridized carbons (Fsp3) is 0.867. The van der Waals surface area contributed by atoms with E-state index in [1.54, 1.807) is 4.90 Å². The highest BCUT2D eigenvalue weighted by Crippen LogP contribution is 2.22. The Morgan fingerprint density at radius 2 is 2.00 bits per heavy atom. The number of piperidine rings is 1. The second-order valence-electron chi connectivity index (χ2n) is 6.60. The van der Waals surface area contributed by atoms with Crippen molar-refractivity contribution in [1.29, 1.82) is 0 Å². The van der Waals surface area contributed by atoms with Crippen LogP contribution in [0.4, 0.5) is 18.0 Å². The van der Waals surface area contributed by atoms with E-state index in [4.69, 9.17) is 0 Å². The Balaban J connectivity index is 2.45. The minimum atomic E-state index is -4.39. The molecule has 0 spiro atoms. The molecule has 0 aromatic rings. The molecule has 1 heterocycles. The lowest BCUT2D eigenvalue weighted by atomic mass is 9.94. The quantitative estimate of drug-likeness (QED) is 0.838. The van der Waals surface area contributed by atoms with E-state index in [2.05, 4.69) is 5.32 Å². The fourth-order valence-corrected chi connectivity index (χ4v) is 2.58. The molecule has 8 heteroatoms. The van der Waals surface area contributed by atoms with E-state index in [1.165, 1.54) is 0 Å². The lowest BCUT2D eigenvalue weighted by Crippen LogP contribution is -2.47. The van der Waals surface area contributed by atoms with E-state index in [1.807, 2.05) is 13.8 Å². The zero-order chi connectivity index (χ0) is 17.6. The van der Waals surface area contributed by atoms with Gasteiger partial charge in [-0.3, -0.25) is 4.79 Å². The molecule has 0 radical (unpaired) electrons. The van der Waals surface area contributed by atoms with Gasteiger partial charge < -0.3 is 15.1 Å². The Morgan fingerprint density at radius 3 is 2.57 bits per heavy atom. The van der Waals surface area contributed by atoms with Gasteiger partial charge in [-0.25, -0.2) is 4.79 Å². The van der Waals surface area contributed by atoms with Crippen LogP contribution in [-0.4, -0.2) is 61.1 Å². The minimum absolute atomic E-state index is 0.0422. The van der Waals surface area contributed by atoms with Gasteiger partial charge in [-0.05, 0) is 24.7 Å². The summed E-state index contributed by atoms with van der Waals surface area (Å²) in [5.74, 6) is -0.273. The topological polar surface area (TPSA) is 52.7 Å². The highest BCUT2D eigenvalue weighted by Gasteiger charge is 2.32. The van der Waals surface area contributed by atoms with Crippen LogP contribution in [0.2, 0.25) is 0 Å². The molecular formula is C15H26F3N3O2. The largest absolute Gasteiger partial charge is 0.406 e. The van der Waals surface area contributed by atoms with Gasteiger partial charge in [0.05, 0.1) is 0 Å². The second kappa shape index (κ2) is 8.40. The van der Waals surface area contributed by atoms with Crippen LogP contribution in [0.1, 0.15) is 33.1 Å². The van der Waals surface area contributed by atoms with Crippen LogP contribution in [0.5, 0.6) is 0 Å². The first-order valence-corrected chi connectivity index (χ1v) is 7.92. The van der Waals surface area contributed by atoms with Gasteiger partial charge in [0.15, 0.2) is 0 Å². The molecule has 0 aromatic carbocycles. The summed E-state index contributed by atoms with van der Waals surface area (Å²) in [6, 6.07) is -0.167. The average molecular weight is 337 g/mol. The van der Waals surface area contributed by atoms with Crippen LogP contribution in [-0.2, 0) is 4.79 Å². The Morgan fingerprint density at radius 1 is 1.35 bits per heavy atom. The van der Waals surface area contributed by atoms with Crippen LogP contribution >= 0.6 is 0 Å². The van der Waals surface area contributed by atoms with Crippen LogP contribution in [0.3, 0.4) is 0 Å². The maximum atomic E-state index is 12.3. The van der Waals surface area contributed by atoms with Gasteiger partial charge in [0.2, 0.25) is 5.91 Å². The molecule has 1 aliphatic heterocycles. The normalized spacial score (nSPS) is 18.9. The molecule has 0 aliphatic carbocycles. The van der Waals surface area contributed by atoms with E-state index >= 15 is 0 Å². The van der Waals surface area contributed by atoms with Gasteiger partial charge in [-0.2, -0.15) is 13.2 Å². The summed E-state index contributed by atoms with van der Waals surface area (Å²) < 4.78 is 36.9. The van der Waals surface area contributed by atoms with E-state index < -0.39 is 18.6 Å². The zero-order valence-corrected chi connectivity index (χ0v) is 13.9. The summed E-state index contributed by atoms with van der Waals surface area (Å²) in [6.07, 6.45) is -2.84. The van der Waals surface area contributed by atoms with Crippen molar-refractivity contribution in [1.82, 2.24) is 15.1 Å². The summed E-state index contributed by atoms with van der Waals surface area (Å²) in [6.45, 7) is 4.36. The van der Waals surface area contributed by atoms with Crippen LogP contribution in [0.25, 0.3) is 0 Å². The number of hydrogen-bond donors (Lipinski definition) is 1. The van der Waals surface area contributed by atoms with E-state index in [0.717, 1.165) is 19.9 Å². The van der Waals surface area contributed by atoms with Crippen LogP contribution in [0.15, 0.2) is 0 Å². The van der Waals surface area contributed by atoms with Crippen LogP contribution in [0, 0.1) is 11.8 Å². The molecule has 5 nitrogen and oxygen atoms in total. The van der Waals surface area contributed by atoms with E-state index in [9.17, 15) is 22.8 Å². The Kier molecular flexibility index (Phi) is 7.15. The Hall–Kier alpha value is -1.47. The number of halogens is 3. The Bertz CT molecular complexity index is 413. The first kappa shape index (κ1) is 19.6. The number of nitrogens with one attached hydrogen (secondary N) is 1. The summed E-state index contributed by atoms with van der Waals surface area (Å²) in [7, 11) is 1.16. The Labute approximate surface area is 135 Å². The molecule has 1 rings (SSSR count). The molecule has 1 aliphatic rings. The van der Waals surface area contributed by atoms with Gasteiger partial charge in [-0.1, -0.05) is 13.8 Å². The highest BCUT2D eigenvalue weighted by atomic mass is 19.4. The molecule has 0 saturated carbocycles. The van der Waals surface area contributed by atoms with Gasteiger partial charge in [-0.15, -0.1) is 0 Å². The number of amides is 3. The first-order valence-electron chi connectivity index (χ1n) is 7.92. The number of urea groups is 1. The second-order valence-corrected chi connectivity index (χ2v) is 6.60. The number of likely N-dealkylation sites (tertiary alicyclic amines) is 1. The molecule has 3 amide bonds. The molecule has 1 saturated heterocycles. The van der Waals surface area contributed by atoms with Crippen LogP contribution < -0.4 is 5.32 Å². The number of carbonyl (C=O) groups is 2. The average Bonchev–Trinajstić information content (AvgIpc) is 2.43. The van der Waals surface area contributed by atoms with Gasteiger partial charge in [0.1, 0.15) is 6.54 Å². The lowest BCUT2D eigenvalue weighted by Gasteiger charge is -2.33. The monoisotopic (exact) mass is 337 g/mol. The third kappa shape index (κ3) is 7.56. The SMILES string of the molecule is CC(C)CNC(=O)N1CCC[C@H](CC(=O)N(C)CC(F)(F)F)C1. The standard InChI is InChI=1S/C15H26F3N3O2/c1-11(2)8-19-14(23)21-6-4-5-12(9-21)7-13(22)20(3)10-15(16,17)18/h11-12H,4-10H2,1-3H3,(H,19,23)/t12-/m1/s1. The van der Waals surface area contributed by atoms with E-state index in [0.29, 0.717) is 30.5 Å². The summed E-state index contributed by atoms with van der Waals surface area (Å²) in [5.41, 5.74) is 0. The summed E-state index contributed by atoms with van der Waals surface area (Å²) >= 11 is 0. The molecule has 1 fully saturated rings. The predicted molar refractivity (Wildman–Crippen MR) is 80.8 cm³/mol. The number of carbonyl (C=O) groups excluding carboxylic acids is 2. The van der Waals surface area contributed by atoms with Crippen molar-refractivity contribution in [3.05, 3.63) is 0 Å². The smallest absolute Gasteiger partial charge is 0.338 e. The third-order valence-electron chi connectivity index (χ3n) is 3.77. The van der Waals surface area contributed by atoms with Crippen molar-refractivity contribution in [3.8, 4) is 0 Å². The van der Waals surface area contributed by atoms with E-state index in [-0.39, 0.29) is 18.4 Å². The maximum Gasteiger partial charge on any atom is 0.406 e. The van der Waals surface area contributed by atoms with Crippen molar-refractivity contribution in [2.24, 2.45) is 11.8 Å². The first-order chi connectivity index (χ1) is 10.6. The maximum absolute atomic E-state index is 12.3. The molecule has 0 aromatic heterocycles. The van der Waals surface area contributed by atoms with Crippen molar-refractivity contribution in [2.45, 2.75) is 39.3 Å². The van der Waals surface area contributed by atoms with Gasteiger partial charge in [0, 0.05) is 33.1 Å². The fourth-order valence-electron chi connectivity index (χ4n) is 2.58. The van der Waals surface area contributed by atoms with Crippen molar-refractivity contribution in [2.75, 3.05) is 33.2 Å². The summed E-state index contributed by atoms with van der Waals surface area (Å²) in [4.78, 5) is 26.3. The van der Waals surface area contributed by atoms with Crippen molar-refractivity contribution >= 4 is 11.9 Å². The lowest BCUT2D eigenvalue weighted by molar-refractivity contribution is -0.159. The molecular weight excluding hydrogens is 311 g/mol. The number of rotatable bonds is 5. The molecule has 0 unspecified atom stereocenters. The number of alkyl halides is 3. The zero-order valence-electron chi connectivity index (χ0n) is 13.9. The summed E-state index contributed by atoms with van der Waals surface area (Å²) in [5, 5.41) is 2.82. The van der Waals surface area contributed by atoms with Crippen molar-refractivity contribution < 1.29 is 22.8 Å². The minimum Gasteiger partial charge on any atom is -0.338 e. The molecule has 134 valence electrons. The predicted octanol–water partition coefficient (Wildman–Crippen LogP) is 2.47. The van der Waals surface area contributed by atoms with Crippen molar-refractivity contribution in [3.63, 3.8) is 0 Å². The van der Waals surface area contributed by atoms with Gasteiger partial charge >= 0.3 is 12.2 Å².